The first-order chi connectivity index (χ1) is 29.5. The number of phosphoric acid groups is 1. The molecule has 0 spiro atoms. The smallest absolute Gasteiger partial charge is 0.259 e. The van der Waals surface area contributed by atoms with Gasteiger partial charge in [0.25, 0.3) is 38.6 Å². The van der Waals surface area contributed by atoms with E-state index in [1.165, 1.54) is 0 Å². The molecule has 0 rings (SSSR count). The number of rotatable bonds is 18. The van der Waals surface area contributed by atoms with E-state index in [2.05, 4.69) is 19.3 Å². The highest BCUT2D eigenvalue weighted by Gasteiger charge is 2.95. The van der Waals surface area contributed by atoms with Gasteiger partial charge in [-0.25, -0.2) is 83.6 Å². The van der Waals surface area contributed by atoms with Crippen molar-refractivity contribution in [1.29, 1.82) is 0 Å². The van der Waals surface area contributed by atoms with Crippen molar-refractivity contribution in [3.05, 3.63) is 0 Å². The predicted octanol–water partition coefficient (Wildman–Crippen LogP) is 12.5. The number of phosphoric ester groups is 1. The molecule has 6 atom stereocenters. The van der Waals surface area contributed by atoms with Crippen molar-refractivity contribution < 1.29 is 176 Å². The average molecular weight is 1110 g/mol. The number of alkyl halides is 36. The third kappa shape index (κ3) is 8.35. The Morgan fingerprint density at radius 2 is 0.382 bits per heavy atom. The summed E-state index contributed by atoms with van der Waals surface area (Å²) < 4.78 is 539. The fraction of sp³-hybridized carbons (Fsp3) is 0.778. The van der Waals surface area contributed by atoms with Gasteiger partial charge in [0.05, 0.1) is 0 Å². The van der Waals surface area contributed by atoms with Crippen LogP contribution in [-0.4, -0.2) is 126 Å². The normalized spacial score (nSPS) is 23.1. The number of halogens is 36. The number of terminal acetylenes is 3. The lowest BCUT2D eigenvalue weighted by Crippen LogP contribution is -2.80. The summed E-state index contributed by atoms with van der Waals surface area (Å²) in [4.78, 5) is 0. The van der Waals surface area contributed by atoms with E-state index in [9.17, 15) is 136 Å². The molecule has 0 saturated carbocycles. The summed E-state index contributed by atoms with van der Waals surface area (Å²) in [6, 6.07) is 0. The van der Waals surface area contributed by atoms with Crippen LogP contribution in [0.3, 0.4) is 0 Å². The third-order valence-electron chi connectivity index (χ3n) is 8.71. The van der Waals surface area contributed by atoms with Crippen LogP contribution in [0.25, 0.3) is 0 Å². The lowest BCUT2D eigenvalue weighted by molar-refractivity contribution is -0.395. The van der Waals surface area contributed by atoms with Crippen LogP contribution in [-0.2, 0) is 18.1 Å². The van der Waals surface area contributed by atoms with Gasteiger partial charge in [0, 0.05) is 0 Å². The Labute approximate surface area is 348 Å². The third-order valence-corrected chi connectivity index (χ3v) is 10.2. The first-order valence-electron chi connectivity index (χ1n) is 14.8. The van der Waals surface area contributed by atoms with Gasteiger partial charge in [-0.05, 0) is 0 Å². The monoisotopic (exact) mass is 1110 g/mol. The van der Waals surface area contributed by atoms with E-state index in [-0.39, 0.29) is 0 Å². The zero-order valence-corrected chi connectivity index (χ0v) is 30.8. The van der Waals surface area contributed by atoms with Gasteiger partial charge in [-0.15, -0.1) is 19.3 Å². The molecule has 4 nitrogen and oxygen atoms in total. The molecule has 0 aromatic rings. The topological polar surface area (TPSA) is 44.8 Å². The molecular weight excluding hydrogens is 1100 g/mol. The minimum atomic E-state index is -11.7. The summed E-state index contributed by atoms with van der Waals surface area (Å²) in [6.45, 7) is 0. The maximum Gasteiger partial charge on any atom is 0.480 e. The molecule has 0 amide bonds. The summed E-state index contributed by atoms with van der Waals surface area (Å²) in [5, 5.41) is 0. The molecule has 6 unspecified atom stereocenters. The van der Waals surface area contributed by atoms with Gasteiger partial charge in [-0.1, -0.05) is 17.8 Å². The standard InChI is InChI=1S/C27H9F36O4P/c1-4-13(16(40,7(28)29)22(46,47)48,17(41,8(30)31)23(49,50)51)65-68(64,66-14(5-2,18(42,9(32)33)24(52,53)54)19(43,10(34)35)25(55,56)57)67-15(6-3,20(44,11(36)37)26(58,59)60)21(45,12(38)39)27(61,62)63/h1-3,7-12H. The highest BCUT2D eigenvalue weighted by molar-refractivity contribution is 7.48. The van der Waals surface area contributed by atoms with Crippen LogP contribution in [0.2, 0.25) is 0 Å². The van der Waals surface area contributed by atoms with Crippen molar-refractivity contribution >= 4 is 7.82 Å². The summed E-state index contributed by atoms with van der Waals surface area (Å²) in [5.74, 6) is -4.68. The van der Waals surface area contributed by atoms with E-state index in [1.54, 1.807) is 0 Å². The lowest BCUT2D eigenvalue weighted by Gasteiger charge is -2.54. The van der Waals surface area contributed by atoms with Gasteiger partial charge < -0.3 is 0 Å². The largest absolute Gasteiger partial charge is 0.480 e. The van der Waals surface area contributed by atoms with Gasteiger partial charge >= 0.3 is 78.9 Å². The van der Waals surface area contributed by atoms with Crippen LogP contribution in [0, 0.1) is 37.0 Å². The predicted molar refractivity (Wildman–Crippen MR) is 141 cm³/mol. The quantitative estimate of drug-likeness (QED) is 0.0779. The highest BCUT2D eigenvalue weighted by Crippen LogP contribution is 2.74. The van der Waals surface area contributed by atoms with Gasteiger partial charge in [-0.2, -0.15) is 79.0 Å². The summed E-state index contributed by atoms with van der Waals surface area (Å²) in [7, 11) is -11.7. The maximum absolute atomic E-state index is 15.9. The van der Waals surface area contributed by atoms with E-state index in [4.69, 9.17) is 0 Å². The minimum Gasteiger partial charge on any atom is -0.259 e. The molecule has 0 aliphatic rings. The molecule has 68 heavy (non-hydrogen) atoms. The lowest BCUT2D eigenvalue weighted by atomic mass is 9.72. The first kappa shape index (κ1) is 64.3. The molecular formula is C27H9F36O4P. The molecule has 0 N–H and O–H groups in total. The van der Waals surface area contributed by atoms with Crippen molar-refractivity contribution in [3.8, 4) is 37.0 Å². The van der Waals surface area contributed by atoms with Crippen molar-refractivity contribution in [2.75, 3.05) is 0 Å². The van der Waals surface area contributed by atoms with Crippen LogP contribution in [0.5, 0.6) is 0 Å². The highest BCUT2D eigenvalue weighted by atomic mass is 31.2. The number of hydrogen-bond donors (Lipinski definition) is 0. The molecule has 0 aliphatic carbocycles. The summed E-state index contributed by atoms with van der Waals surface area (Å²) >= 11 is 0. The Morgan fingerprint density at radius 1 is 0.279 bits per heavy atom. The summed E-state index contributed by atoms with van der Waals surface area (Å²) in [6.07, 6.45) is -87.7. The van der Waals surface area contributed by atoms with Crippen molar-refractivity contribution in [3.63, 3.8) is 0 Å². The van der Waals surface area contributed by atoms with Crippen LogP contribution in [0.1, 0.15) is 0 Å². The summed E-state index contributed by atoms with van der Waals surface area (Å²) in [5.41, 5.74) is -82.3. The van der Waals surface area contributed by atoms with Crippen LogP contribution in [0.4, 0.5) is 158 Å². The molecule has 41 heteroatoms. The van der Waals surface area contributed by atoms with E-state index in [0.717, 1.165) is 0 Å². The van der Waals surface area contributed by atoms with Crippen molar-refractivity contribution in [1.82, 2.24) is 0 Å². The van der Waals surface area contributed by atoms with Crippen LogP contribution in [0.15, 0.2) is 0 Å². The second kappa shape index (κ2) is 18.1. The van der Waals surface area contributed by atoms with Crippen LogP contribution >= 0.6 is 7.82 Å². The van der Waals surface area contributed by atoms with E-state index in [0.29, 0.717) is 0 Å². The van der Waals surface area contributed by atoms with Gasteiger partial charge in [0.1, 0.15) is 0 Å². The average Bonchev–Trinajstić information content (AvgIpc) is 3.12. The molecule has 0 aliphatic heterocycles. The number of hydrogen-bond acceptors (Lipinski definition) is 4. The molecule has 0 bridgehead atoms. The maximum atomic E-state index is 15.9. The first-order valence-corrected chi connectivity index (χ1v) is 16.3. The minimum absolute atomic E-state index is 1.56. The van der Waals surface area contributed by atoms with Crippen molar-refractivity contribution in [2.45, 2.75) is 126 Å². The fourth-order valence-electron chi connectivity index (χ4n) is 5.32. The molecule has 0 radical (unpaired) electrons. The zero-order valence-electron chi connectivity index (χ0n) is 29.9. The zero-order chi connectivity index (χ0) is 55.7. The Morgan fingerprint density at radius 3 is 0.441 bits per heavy atom. The molecule has 0 saturated heterocycles. The molecule has 0 fully saturated rings. The van der Waals surface area contributed by atoms with Gasteiger partial charge in [0.2, 0.25) is 16.8 Å². The van der Waals surface area contributed by atoms with Gasteiger partial charge in [0.15, 0.2) is 0 Å². The van der Waals surface area contributed by atoms with E-state index >= 15 is 26.3 Å². The van der Waals surface area contributed by atoms with Crippen molar-refractivity contribution in [2.24, 2.45) is 0 Å². The SMILES string of the molecule is C#CC(OP(=O)(OC(C#C)(C(F)(C(F)F)C(F)(F)F)C(F)(C(F)F)C(F)(F)F)OC(C#C)(C(F)(C(F)F)C(F)(F)F)C(F)(C(F)F)C(F)(F)F)(C(F)(C(F)F)C(F)(F)F)C(F)(C(F)F)C(F)(F)F. The molecule has 398 valence electrons. The Balaban J connectivity index is 11.3. The molecule has 0 aromatic carbocycles. The van der Waals surface area contributed by atoms with Gasteiger partial charge in [-0.3, -0.25) is 13.6 Å². The van der Waals surface area contributed by atoms with E-state index in [1.807, 2.05) is 13.6 Å². The Bertz CT molecular complexity index is 1650. The van der Waals surface area contributed by atoms with E-state index < -0.39 is 152 Å². The molecule has 0 aromatic heterocycles. The fourth-order valence-corrected chi connectivity index (χ4v) is 7.40. The second-order valence-corrected chi connectivity index (χ2v) is 13.7. The Kier molecular flexibility index (Phi) is 17.2. The molecule has 0 heterocycles. The Hall–Kier alpha value is -3.73. The second-order valence-electron chi connectivity index (χ2n) is 12.3. The van der Waals surface area contributed by atoms with Crippen LogP contribution < -0.4 is 0 Å².